The molecule has 1 aliphatic rings. The van der Waals surface area contributed by atoms with Gasteiger partial charge in [0, 0.05) is 5.75 Å². The number of Topliss-reactive ketones (excluding diaryl/α,β-unsaturated/α-hetero) is 1. The smallest absolute Gasteiger partial charge is 0.296 e. The van der Waals surface area contributed by atoms with E-state index in [-0.39, 0.29) is 16.5 Å². The molecule has 0 bridgehead atoms. The fourth-order valence-corrected chi connectivity index (χ4v) is 5.34. The summed E-state index contributed by atoms with van der Waals surface area (Å²) in [4.78, 5) is 27.5. The minimum absolute atomic E-state index is 0.0247. The van der Waals surface area contributed by atoms with Gasteiger partial charge in [-0.1, -0.05) is 53.4 Å². The molecule has 1 N–H and O–H groups in total. The highest BCUT2D eigenvalue weighted by molar-refractivity contribution is 8.00. The van der Waals surface area contributed by atoms with Crippen molar-refractivity contribution in [3.8, 4) is 0 Å². The number of aliphatic hydroxyl groups is 1. The van der Waals surface area contributed by atoms with Gasteiger partial charge in [-0.3, -0.25) is 14.5 Å². The summed E-state index contributed by atoms with van der Waals surface area (Å²) in [6.07, 6.45) is 1.44. The van der Waals surface area contributed by atoms with Crippen LogP contribution in [0, 0.1) is 6.92 Å². The summed E-state index contributed by atoms with van der Waals surface area (Å²) < 4.78 is 11.6. The molecule has 8 nitrogen and oxygen atoms in total. The van der Waals surface area contributed by atoms with Crippen LogP contribution in [0.5, 0.6) is 0 Å². The quantitative estimate of drug-likeness (QED) is 0.221. The molecule has 1 aromatic carbocycles. The first kappa shape index (κ1) is 21.2. The Morgan fingerprint density at radius 3 is 2.67 bits per heavy atom. The van der Waals surface area contributed by atoms with Gasteiger partial charge in [0.05, 0.1) is 11.8 Å². The maximum atomic E-state index is 13.2. The Kier molecular flexibility index (Phi) is 5.61. The summed E-state index contributed by atoms with van der Waals surface area (Å²) in [6.45, 7) is 1.71. The van der Waals surface area contributed by atoms with Crippen LogP contribution in [0.4, 0.5) is 5.13 Å². The number of nitrogens with zero attached hydrogens (tertiary/aromatic N) is 3. The molecular formula is C23H17N3O5S2. The van der Waals surface area contributed by atoms with Crippen molar-refractivity contribution in [1.82, 2.24) is 10.2 Å². The third-order valence-corrected chi connectivity index (χ3v) is 7.16. The van der Waals surface area contributed by atoms with Crippen LogP contribution in [0.1, 0.15) is 33.7 Å². The van der Waals surface area contributed by atoms with E-state index in [2.05, 4.69) is 10.2 Å². The fraction of sp³-hybridized carbons (Fsp3) is 0.130. The highest BCUT2D eigenvalue weighted by Crippen LogP contribution is 2.44. The molecule has 1 unspecified atom stereocenters. The van der Waals surface area contributed by atoms with Gasteiger partial charge in [-0.2, -0.15) is 0 Å². The Morgan fingerprint density at radius 2 is 1.97 bits per heavy atom. The van der Waals surface area contributed by atoms with E-state index in [9.17, 15) is 14.7 Å². The summed E-state index contributed by atoms with van der Waals surface area (Å²) in [5.41, 5.74) is 1.00. The molecule has 0 saturated heterocycles. The summed E-state index contributed by atoms with van der Waals surface area (Å²) in [5, 5.41) is 19.3. The summed E-state index contributed by atoms with van der Waals surface area (Å²) in [7, 11) is 0. The monoisotopic (exact) mass is 479 g/mol. The van der Waals surface area contributed by atoms with Crippen molar-refractivity contribution in [3.05, 3.63) is 95.0 Å². The highest BCUT2D eigenvalue weighted by atomic mass is 32.2. The van der Waals surface area contributed by atoms with Crippen LogP contribution in [-0.2, 0) is 10.5 Å². The van der Waals surface area contributed by atoms with E-state index in [1.807, 2.05) is 30.3 Å². The van der Waals surface area contributed by atoms with Gasteiger partial charge in [0.2, 0.25) is 10.9 Å². The minimum atomic E-state index is -0.995. The van der Waals surface area contributed by atoms with Gasteiger partial charge < -0.3 is 13.9 Å². The molecule has 1 amide bonds. The van der Waals surface area contributed by atoms with Gasteiger partial charge in [0.15, 0.2) is 15.9 Å². The van der Waals surface area contributed by atoms with Crippen LogP contribution in [0.3, 0.4) is 0 Å². The number of hydrogen-bond acceptors (Lipinski definition) is 9. The zero-order chi connectivity index (χ0) is 22.9. The number of amides is 1. The maximum Gasteiger partial charge on any atom is 0.296 e. The van der Waals surface area contributed by atoms with Crippen molar-refractivity contribution in [2.75, 3.05) is 4.90 Å². The standard InChI is InChI=1S/C23H17N3O5S2/c1-13-9-10-16(31-13)19(27)17-18(15-8-5-11-30-15)26(21(29)20(17)28)22-24-25-23(33-22)32-12-14-6-3-2-4-7-14/h2-11,18,28H,12H2,1H3. The maximum absolute atomic E-state index is 13.2. The molecule has 3 aromatic heterocycles. The molecule has 0 radical (unpaired) electrons. The second kappa shape index (κ2) is 8.72. The third-order valence-electron chi connectivity index (χ3n) is 5.04. The number of carbonyl (C=O) groups is 2. The van der Waals surface area contributed by atoms with Crippen LogP contribution in [0.25, 0.3) is 0 Å². The van der Waals surface area contributed by atoms with Crippen molar-refractivity contribution < 1.29 is 23.5 Å². The second-order valence-corrected chi connectivity index (χ2v) is 9.40. The summed E-state index contributed by atoms with van der Waals surface area (Å²) in [5.74, 6) is -0.442. The summed E-state index contributed by atoms with van der Waals surface area (Å²) in [6, 6.07) is 15.3. The number of thioether (sulfide) groups is 1. The first-order valence-electron chi connectivity index (χ1n) is 9.94. The number of rotatable bonds is 7. The molecule has 166 valence electrons. The molecule has 4 aromatic rings. The summed E-state index contributed by atoms with van der Waals surface area (Å²) >= 11 is 2.69. The number of furan rings is 2. The number of benzene rings is 1. The first-order valence-corrected chi connectivity index (χ1v) is 11.7. The van der Waals surface area contributed by atoms with Gasteiger partial charge in [-0.15, -0.1) is 10.2 Å². The Morgan fingerprint density at radius 1 is 1.15 bits per heavy atom. The van der Waals surface area contributed by atoms with Crippen LogP contribution in [0.2, 0.25) is 0 Å². The van der Waals surface area contributed by atoms with Gasteiger partial charge in [-0.25, -0.2) is 0 Å². The lowest BCUT2D eigenvalue weighted by atomic mass is 10.00. The van der Waals surface area contributed by atoms with E-state index >= 15 is 0 Å². The first-order chi connectivity index (χ1) is 16.0. The average Bonchev–Trinajstić information content (AvgIpc) is 3.61. The normalized spacial score (nSPS) is 16.1. The van der Waals surface area contributed by atoms with Crippen molar-refractivity contribution in [1.29, 1.82) is 0 Å². The second-order valence-electron chi connectivity index (χ2n) is 7.22. The van der Waals surface area contributed by atoms with E-state index in [0.29, 0.717) is 21.6 Å². The molecule has 1 aliphatic heterocycles. The molecular weight excluding hydrogens is 462 g/mol. The number of aliphatic hydroxyl groups excluding tert-OH is 1. The van der Waals surface area contributed by atoms with E-state index in [0.717, 1.165) is 5.56 Å². The Hall–Kier alpha value is -3.63. The van der Waals surface area contributed by atoms with Crippen LogP contribution < -0.4 is 4.90 Å². The predicted octanol–water partition coefficient (Wildman–Crippen LogP) is 5.11. The van der Waals surface area contributed by atoms with Crippen molar-refractivity contribution in [2.45, 2.75) is 23.1 Å². The minimum Gasteiger partial charge on any atom is -0.503 e. The van der Waals surface area contributed by atoms with E-state index in [1.165, 1.54) is 40.3 Å². The lowest BCUT2D eigenvalue weighted by Crippen LogP contribution is -2.30. The molecule has 10 heteroatoms. The largest absolute Gasteiger partial charge is 0.503 e. The number of hydrogen-bond donors (Lipinski definition) is 1. The SMILES string of the molecule is Cc1ccc(C(=O)C2=C(O)C(=O)N(c3nnc(SCc4ccccc4)s3)C2c2ccco2)o1. The molecule has 0 fully saturated rings. The number of anilines is 1. The van der Waals surface area contributed by atoms with Crippen molar-refractivity contribution in [3.63, 3.8) is 0 Å². The van der Waals surface area contributed by atoms with Gasteiger partial charge >= 0.3 is 0 Å². The van der Waals surface area contributed by atoms with E-state index in [4.69, 9.17) is 8.83 Å². The fourth-order valence-electron chi connectivity index (χ4n) is 3.52. The number of ketones is 1. The van der Waals surface area contributed by atoms with Crippen LogP contribution in [0.15, 0.2) is 85.4 Å². The lowest BCUT2D eigenvalue weighted by molar-refractivity contribution is -0.117. The number of carbonyl (C=O) groups excluding carboxylic acids is 2. The molecule has 0 saturated carbocycles. The average molecular weight is 480 g/mol. The molecule has 5 rings (SSSR count). The van der Waals surface area contributed by atoms with Crippen molar-refractivity contribution in [2.24, 2.45) is 0 Å². The van der Waals surface area contributed by atoms with Crippen LogP contribution >= 0.6 is 23.1 Å². The van der Waals surface area contributed by atoms with Gasteiger partial charge in [-0.05, 0) is 36.8 Å². The number of aryl methyl sites for hydroxylation is 1. The topological polar surface area (TPSA) is 110 Å². The third kappa shape index (κ3) is 3.98. The lowest BCUT2D eigenvalue weighted by Gasteiger charge is -2.21. The zero-order valence-electron chi connectivity index (χ0n) is 17.3. The Labute approximate surface area is 196 Å². The predicted molar refractivity (Wildman–Crippen MR) is 122 cm³/mol. The molecule has 4 heterocycles. The Bertz CT molecular complexity index is 1340. The number of aromatic nitrogens is 2. The Balaban J connectivity index is 1.47. The molecule has 0 aliphatic carbocycles. The highest BCUT2D eigenvalue weighted by Gasteiger charge is 2.48. The van der Waals surface area contributed by atoms with E-state index < -0.39 is 23.5 Å². The molecule has 1 atom stereocenters. The van der Waals surface area contributed by atoms with Gasteiger partial charge in [0.1, 0.15) is 17.6 Å². The van der Waals surface area contributed by atoms with E-state index in [1.54, 1.807) is 25.1 Å². The molecule has 33 heavy (non-hydrogen) atoms. The van der Waals surface area contributed by atoms with Gasteiger partial charge in [0.25, 0.3) is 5.91 Å². The van der Waals surface area contributed by atoms with Crippen LogP contribution in [-0.4, -0.2) is 27.0 Å². The van der Waals surface area contributed by atoms with Crippen molar-refractivity contribution >= 4 is 39.9 Å². The zero-order valence-corrected chi connectivity index (χ0v) is 18.9. The molecule has 0 spiro atoms.